The van der Waals surface area contributed by atoms with Crippen LogP contribution in [0.3, 0.4) is 0 Å². The highest BCUT2D eigenvalue weighted by Gasteiger charge is 2.22. The number of hydrogen-bond acceptors (Lipinski definition) is 2. The third kappa shape index (κ3) is 5.15. The summed E-state index contributed by atoms with van der Waals surface area (Å²) in [7, 11) is 0. The molecule has 4 heteroatoms. The Morgan fingerprint density at radius 3 is 2.11 bits per heavy atom. The van der Waals surface area contributed by atoms with Gasteiger partial charge in [0.25, 0.3) is 0 Å². The Labute approximate surface area is 167 Å². The number of benzene rings is 1. The lowest BCUT2D eigenvalue weighted by Crippen LogP contribution is -2.15. The first-order valence-electron chi connectivity index (χ1n) is 10.9. The highest BCUT2D eigenvalue weighted by molar-refractivity contribution is 5.60. The molecular weight excluding hydrogens is 354 g/mol. The molecule has 1 aliphatic carbocycles. The fourth-order valence-electron chi connectivity index (χ4n) is 4.45. The Bertz CT molecular complexity index is 750. The standard InChI is InChI=1S/C24H32F2N2/c1-3-5-17-7-9-18(10-8-17)11-12-19-13-15-21(24(26)23(19)25)22-16-14-20(6-4-2)27-28-22/h13-18H,3-12H2,1-2H3/t17-,18-. The fraction of sp³-hybridized carbons (Fsp3) is 0.583. The summed E-state index contributed by atoms with van der Waals surface area (Å²) >= 11 is 0. The molecule has 0 atom stereocenters. The molecule has 1 aromatic carbocycles. The molecule has 0 saturated heterocycles. The SMILES string of the molecule is CCCc1ccc(-c2ccc(CC[C@H]3CC[C@H](CCC)CC3)c(F)c2F)nn1. The highest BCUT2D eigenvalue weighted by Crippen LogP contribution is 2.34. The van der Waals surface area contributed by atoms with Crippen LogP contribution in [0.1, 0.15) is 76.5 Å². The summed E-state index contributed by atoms with van der Waals surface area (Å²) in [4.78, 5) is 0. The van der Waals surface area contributed by atoms with E-state index in [-0.39, 0.29) is 5.56 Å². The molecule has 0 bridgehead atoms. The number of nitrogens with zero attached hydrogens (tertiary/aromatic N) is 2. The molecule has 3 rings (SSSR count). The minimum Gasteiger partial charge on any atom is -0.203 e. The van der Waals surface area contributed by atoms with Crippen molar-refractivity contribution in [3.63, 3.8) is 0 Å². The average molecular weight is 387 g/mol. The first kappa shape index (κ1) is 20.9. The molecule has 152 valence electrons. The van der Waals surface area contributed by atoms with E-state index in [9.17, 15) is 8.78 Å². The molecular formula is C24H32F2N2. The second-order valence-corrected chi connectivity index (χ2v) is 8.27. The van der Waals surface area contributed by atoms with Crippen molar-refractivity contribution in [1.29, 1.82) is 0 Å². The molecule has 1 aromatic heterocycles. The van der Waals surface area contributed by atoms with Crippen LogP contribution in [0.2, 0.25) is 0 Å². The molecule has 0 radical (unpaired) electrons. The van der Waals surface area contributed by atoms with Gasteiger partial charge in [-0.05, 0) is 54.9 Å². The molecule has 2 aromatic rings. The van der Waals surface area contributed by atoms with Crippen LogP contribution in [0.4, 0.5) is 8.78 Å². The zero-order valence-electron chi connectivity index (χ0n) is 17.2. The van der Waals surface area contributed by atoms with Gasteiger partial charge in [-0.3, -0.25) is 0 Å². The summed E-state index contributed by atoms with van der Waals surface area (Å²) in [5, 5.41) is 8.20. The van der Waals surface area contributed by atoms with Gasteiger partial charge in [-0.25, -0.2) is 8.78 Å². The predicted octanol–water partition coefficient (Wildman–Crippen LogP) is 6.91. The van der Waals surface area contributed by atoms with Gasteiger partial charge in [-0.1, -0.05) is 64.9 Å². The number of rotatable bonds is 8. The molecule has 28 heavy (non-hydrogen) atoms. The first-order valence-corrected chi connectivity index (χ1v) is 10.9. The summed E-state index contributed by atoms with van der Waals surface area (Å²) in [6.45, 7) is 4.32. The summed E-state index contributed by atoms with van der Waals surface area (Å²) in [6, 6.07) is 6.93. The van der Waals surface area contributed by atoms with E-state index in [1.165, 1.54) is 38.5 Å². The van der Waals surface area contributed by atoms with E-state index < -0.39 is 11.6 Å². The minimum absolute atomic E-state index is 0.192. The normalized spacial score (nSPS) is 19.7. The lowest BCUT2D eigenvalue weighted by atomic mass is 9.78. The molecule has 1 aliphatic rings. The Hall–Kier alpha value is -1.84. The highest BCUT2D eigenvalue weighted by atomic mass is 19.2. The molecule has 2 nitrogen and oxygen atoms in total. The van der Waals surface area contributed by atoms with E-state index in [2.05, 4.69) is 24.0 Å². The van der Waals surface area contributed by atoms with Gasteiger partial charge in [0.05, 0.1) is 11.4 Å². The van der Waals surface area contributed by atoms with Gasteiger partial charge in [0.1, 0.15) is 0 Å². The maximum atomic E-state index is 14.7. The number of hydrogen-bond donors (Lipinski definition) is 0. The molecule has 0 amide bonds. The van der Waals surface area contributed by atoms with E-state index in [1.54, 1.807) is 18.2 Å². The quantitative estimate of drug-likeness (QED) is 0.492. The van der Waals surface area contributed by atoms with E-state index in [4.69, 9.17) is 0 Å². The van der Waals surface area contributed by atoms with Crippen molar-refractivity contribution >= 4 is 0 Å². The molecule has 1 saturated carbocycles. The van der Waals surface area contributed by atoms with Crippen LogP contribution in [0, 0.1) is 23.5 Å². The van der Waals surface area contributed by atoms with E-state index >= 15 is 0 Å². The molecule has 1 fully saturated rings. The first-order chi connectivity index (χ1) is 13.6. The fourth-order valence-corrected chi connectivity index (χ4v) is 4.45. The molecule has 0 unspecified atom stereocenters. The summed E-state index contributed by atoms with van der Waals surface area (Å²) in [6.07, 6.45) is 11.0. The van der Waals surface area contributed by atoms with Crippen LogP contribution < -0.4 is 0 Å². The lowest BCUT2D eigenvalue weighted by Gasteiger charge is -2.28. The van der Waals surface area contributed by atoms with Crippen molar-refractivity contribution < 1.29 is 8.78 Å². The van der Waals surface area contributed by atoms with E-state index in [0.29, 0.717) is 23.6 Å². The lowest BCUT2D eigenvalue weighted by molar-refractivity contribution is 0.251. The Morgan fingerprint density at radius 1 is 0.786 bits per heavy atom. The monoisotopic (exact) mass is 386 g/mol. The van der Waals surface area contributed by atoms with Crippen LogP contribution in [-0.2, 0) is 12.8 Å². The van der Waals surface area contributed by atoms with Crippen molar-refractivity contribution in [3.05, 3.63) is 47.2 Å². The average Bonchev–Trinajstić information content (AvgIpc) is 2.71. The number of aromatic nitrogens is 2. The smallest absolute Gasteiger partial charge is 0.168 e. The second-order valence-electron chi connectivity index (χ2n) is 8.27. The van der Waals surface area contributed by atoms with Crippen molar-refractivity contribution in [2.45, 2.75) is 78.1 Å². The van der Waals surface area contributed by atoms with Gasteiger partial charge < -0.3 is 0 Å². The molecule has 0 spiro atoms. The van der Waals surface area contributed by atoms with Gasteiger partial charge in [0.2, 0.25) is 0 Å². The van der Waals surface area contributed by atoms with Crippen LogP contribution in [0.5, 0.6) is 0 Å². The zero-order valence-corrected chi connectivity index (χ0v) is 17.2. The minimum atomic E-state index is -0.804. The maximum absolute atomic E-state index is 14.7. The Balaban J connectivity index is 1.62. The Kier molecular flexibility index (Phi) is 7.52. The third-order valence-corrected chi connectivity index (χ3v) is 6.15. The number of halogens is 2. The van der Waals surface area contributed by atoms with Crippen molar-refractivity contribution in [2.24, 2.45) is 11.8 Å². The van der Waals surface area contributed by atoms with Gasteiger partial charge >= 0.3 is 0 Å². The van der Waals surface area contributed by atoms with Gasteiger partial charge in [-0.15, -0.1) is 0 Å². The maximum Gasteiger partial charge on any atom is 0.168 e. The second kappa shape index (κ2) is 10.1. The summed E-state index contributed by atoms with van der Waals surface area (Å²) in [5.74, 6) is -0.00921. The molecule has 0 N–H and O–H groups in total. The van der Waals surface area contributed by atoms with Crippen LogP contribution in [-0.4, -0.2) is 10.2 Å². The van der Waals surface area contributed by atoms with Gasteiger partial charge in [-0.2, -0.15) is 10.2 Å². The van der Waals surface area contributed by atoms with Crippen LogP contribution in [0.25, 0.3) is 11.3 Å². The molecule has 1 heterocycles. The third-order valence-electron chi connectivity index (χ3n) is 6.15. The van der Waals surface area contributed by atoms with E-state index in [0.717, 1.165) is 30.9 Å². The molecule has 0 aliphatic heterocycles. The summed E-state index contributed by atoms with van der Waals surface area (Å²) < 4.78 is 29.3. The van der Waals surface area contributed by atoms with E-state index in [1.807, 2.05) is 6.07 Å². The summed E-state index contributed by atoms with van der Waals surface area (Å²) in [5.41, 5.74) is 1.93. The van der Waals surface area contributed by atoms with Crippen LogP contribution >= 0.6 is 0 Å². The van der Waals surface area contributed by atoms with Crippen molar-refractivity contribution in [3.8, 4) is 11.3 Å². The zero-order chi connectivity index (χ0) is 19.9. The van der Waals surface area contributed by atoms with Crippen LogP contribution in [0.15, 0.2) is 24.3 Å². The number of aryl methyl sites for hydroxylation is 2. The Morgan fingerprint density at radius 2 is 1.50 bits per heavy atom. The van der Waals surface area contributed by atoms with Gasteiger partial charge in [0.15, 0.2) is 11.6 Å². The predicted molar refractivity (Wildman–Crippen MR) is 110 cm³/mol. The van der Waals surface area contributed by atoms with Gasteiger partial charge in [0, 0.05) is 5.56 Å². The topological polar surface area (TPSA) is 25.8 Å². The largest absolute Gasteiger partial charge is 0.203 e. The van der Waals surface area contributed by atoms with Crippen molar-refractivity contribution in [1.82, 2.24) is 10.2 Å². The van der Waals surface area contributed by atoms with Crippen molar-refractivity contribution in [2.75, 3.05) is 0 Å².